The predicted octanol–water partition coefficient (Wildman–Crippen LogP) is 5.14. The molecule has 0 fully saturated rings. The number of aromatic nitrogens is 1. The Labute approximate surface area is 168 Å². The van der Waals surface area contributed by atoms with Crippen LogP contribution in [0.25, 0.3) is 0 Å². The molecule has 1 amide bonds. The van der Waals surface area contributed by atoms with Crippen LogP contribution in [0.1, 0.15) is 17.3 Å². The second kappa shape index (κ2) is 9.10. The number of halogens is 1. The van der Waals surface area contributed by atoms with Crippen molar-refractivity contribution in [1.29, 1.82) is 0 Å². The van der Waals surface area contributed by atoms with E-state index < -0.39 is 0 Å². The molecule has 0 aliphatic heterocycles. The van der Waals surface area contributed by atoms with E-state index in [1.807, 2.05) is 31.2 Å². The fourth-order valence-electron chi connectivity index (χ4n) is 2.55. The highest BCUT2D eigenvalue weighted by Gasteiger charge is 2.10. The SMILES string of the molecule is CCOc1ccc(Nc2cncc(C(=O)Nc3ccc(OC)c(Cl)c3)c2)cc1. The van der Waals surface area contributed by atoms with E-state index in [0.717, 1.165) is 11.4 Å². The van der Waals surface area contributed by atoms with Crippen molar-refractivity contribution in [3.05, 3.63) is 71.5 Å². The predicted molar refractivity (Wildman–Crippen MR) is 111 cm³/mol. The molecule has 144 valence electrons. The van der Waals surface area contributed by atoms with Crippen molar-refractivity contribution in [2.24, 2.45) is 0 Å². The highest BCUT2D eigenvalue weighted by Crippen LogP contribution is 2.27. The number of carbonyl (C=O) groups excluding carboxylic acids is 1. The summed E-state index contributed by atoms with van der Waals surface area (Å²) in [6.45, 7) is 2.56. The number of hydrogen-bond acceptors (Lipinski definition) is 5. The highest BCUT2D eigenvalue weighted by molar-refractivity contribution is 6.32. The van der Waals surface area contributed by atoms with Crippen LogP contribution in [-0.4, -0.2) is 24.6 Å². The van der Waals surface area contributed by atoms with Crippen LogP contribution in [0.2, 0.25) is 5.02 Å². The van der Waals surface area contributed by atoms with E-state index in [-0.39, 0.29) is 5.91 Å². The van der Waals surface area contributed by atoms with Gasteiger partial charge in [-0.3, -0.25) is 9.78 Å². The van der Waals surface area contributed by atoms with Gasteiger partial charge in [-0.2, -0.15) is 0 Å². The van der Waals surface area contributed by atoms with E-state index in [1.54, 1.807) is 30.5 Å². The summed E-state index contributed by atoms with van der Waals surface area (Å²) in [7, 11) is 1.54. The van der Waals surface area contributed by atoms with Crippen LogP contribution in [0.4, 0.5) is 17.1 Å². The lowest BCUT2D eigenvalue weighted by Crippen LogP contribution is -2.12. The third kappa shape index (κ3) is 4.92. The lowest BCUT2D eigenvalue weighted by Gasteiger charge is -2.10. The van der Waals surface area contributed by atoms with Crippen molar-refractivity contribution >= 4 is 34.6 Å². The van der Waals surface area contributed by atoms with Gasteiger partial charge in [0.15, 0.2) is 0 Å². The van der Waals surface area contributed by atoms with Crippen LogP contribution < -0.4 is 20.1 Å². The maximum atomic E-state index is 12.5. The normalized spacial score (nSPS) is 10.2. The molecular formula is C21H20ClN3O3. The summed E-state index contributed by atoms with van der Waals surface area (Å²) >= 11 is 6.10. The Morgan fingerprint density at radius 3 is 2.46 bits per heavy atom. The molecule has 0 radical (unpaired) electrons. The Kier molecular flexibility index (Phi) is 6.34. The van der Waals surface area contributed by atoms with Gasteiger partial charge in [0.1, 0.15) is 11.5 Å². The second-order valence-electron chi connectivity index (χ2n) is 5.85. The Bertz CT molecular complexity index is 961. The lowest BCUT2D eigenvalue weighted by molar-refractivity contribution is 0.102. The van der Waals surface area contributed by atoms with Crippen molar-refractivity contribution in [1.82, 2.24) is 4.98 Å². The first-order chi connectivity index (χ1) is 13.6. The molecule has 0 aliphatic rings. The fraction of sp³-hybridized carbons (Fsp3) is 0.143. The van der Waals surface area contributed by atoms with Crippen LogP contribution in [-0.2, 0) is 0 Å². The van der Waals surface area contributed by atoms with E-state index in [1.165, 1.54) is 13.3 Å². The van der Waals surface area contributed by atoms with Gasteiger partial charge in [0.05, 0.1) is 36.2 Å². The van der Waals surface area contributed by atoms with Crippen molar-refractivity contribution in [3.63, 3.8) is 0 Å². The summed E-state index contributed by atoms with van der Waals surface area (Å²) in [4.78, 5) is 16.7. The number of benzene rings is 2. The van der Waals surface area contributed by atoms with Crippen LogP contribution >= 0.6 is 11.6 Å². The zero-order chi connectivity index (χ0) is 19.9. The van der Waals surface area contributed by atoms with Gasteiger partial charge in [0.2, 0.25) is 0 Å². The number of amides is 1. The van der Waals surface area contributed by atoms with Gasteiger partial charge in [-0.25, -0.2) is 0 Å². The van der Waals surface area contributed by atoms with E-state index in [9.17, 15) is 4.79 Å². The molecule has 0 saturated heterocycles. The van der Waals surface area contributed by atoms with Gasteiger partial charge in [0.25, 0.3) is 5.91 Å². The van der Waals surface area contributed by atoms with Crippen LogP contribution in [0.5, 0.6) is 11.5 Å². The zero-order valence-electron chi connectivity index (χ0n) is 15.5. The van der Waals surface area contributed by atoms with Gasteiger partial charge in [-0.15, -0.1) is 0 Å². The second-order valence-corrected chi connectivity index (χ2v) is 6.26. The van der Waals surface area contributed by atoms with E-state index >= 15 is 0 Å². The molecule has 0 unspecified atom stereocenters. The standard InChI is InChI=1S/C21H20ClN3O3/c1-3-28-18-7-4-15(5-8-18)24-17-10-14(12-23-13-17)21(26)25-16-6-9-20(27-2)19(22)11-16/h4-13,24H,3H2,1-2H3,(H,25,26). The highest BCUT2D eigenvalue weighted by atomic mass is 35.5. The first kappa shape index (κ1) is 19.5. The summed E-state index contributed by atoms with van der Waals surface area (Å²) in [5.74, 6) is 1.06. The minimum atomic E-state index is -0.288. The van der Waals surface area contributed by atoms with Gasteiger partial charge in [-0.1, -0.05) is 11.6 Å². The van der Waals surface area contributed by atoms with Crippen molar-refractivity contribution in [3.8, 4) is 11.5 Å². The third-order valence-corrected chi connectivity index (χ3v) is 4.16. The molecule has 28 heavy (non-hydrogen) atoms. The van der Waals surface area contributed by atoms with E-state index in [2.05, 4.69) is 15.6 Å². The average molecular weight is 398 g/mol. The first-order valence-corrected chi connectivity index (χ1v) is 9.06. The number of pyridine rings is 1. The number of carbonyl (C=O) groups is 1. The number of nitrogens with zero attached hydrogens (tertiary/aromatic N) is 1. The largest absolute Gasteiger partial charge is 0.495 e. The van der Waals surface area contributed by atoms with Gasteiger partial charge in [-0.05, 0) is 55.5 Å². The summed E-state index contributed by atoms with van der Waals surface area (Å²) in [5, 5.41) is 6.44. The maximum Gasteiger partial charge on any atom is 0.257 e. The molecule has 1 aromatic heterocycles. The molecule has 1 heterocycles. The van der Waals surface area contributed by atoms with E-state index in [4.69, 9.17) is 21.1 Å². The topological polar surface area (TPSA) is 72.5 Å². The summed E-state index contributed by atoms with van der Waals surface area (Å²) in [6.07, 6.45) is 3.15. The quantitative estimate of drug-likeness (QED) is 0.577. The minimum Gasteiger partial charge on any atom is -0.495 e. The van der Waals surface area contributed by atoms with Gasteiger partial charge >= 0.3 is 0 Å². The van der Waals surface area contributed by atoms with Crippen molar-refractivity contribution < 1.29 is 14.3 Å². The summed E-state index contributed by atoms with van der Waals surface area (Å²) in [5.41, 5.74) is 2.55. The average Bonchev–Trinajstić information content (AvgIpc) is 2.70. The van der Waals surface area contributed by atoms with Crippen LogP contribution in [0.3, 0.4) is 0 Å². The molecule has 3 rings (SSSR count). The Morgan fingerprint density at radius 1 is 1.04 bits per heavy atom. The molecule has 0 aliphatic carbocycles. The van der Waals surface area contributed by atoms with Crippen molar-refractivity contribution in [2.45, 2.75) is 6.92 Å². The lowest BCUT2D eigenvalue weighted by atomic mass is 10.2. The smallest absolute Gasteiger partial charge is 0.257 e. The number of methoxy groups -OCH3 is 1. The molecule has 7 heteroatoms. The first-order valence-electron chi connectivity index (χ1n) is 8.69. The van der Waals surface area contributed by atoms with Crippen LogP contribution in [0.15, 0.2) is 60.9 Å². The number of anilines is 3. The molecule has 0 bridgehead atoms. The van der Waals surface area contributed by atoms with Crippen LogP contribution in [0, 0.1) is 0 Å². The Morgan fingerprint density at radius 2 is 1.79 bits per heavy atom. The minimum absolute atomic E-state index is 0.288. The Balaban J connectivity index is 1.69. The zero-order valence-corrected chi connectivity index (χ0v) is 16.3. The maximum absolute atomic E-state index is 12.5. The van der Waals surface area contributed by atoms with Gasteiger partial charge in [0, 0.05) is 17.6 Å². The molecule has 0 spiro atoms. The molecule has 3 aromatic rings. The monoisotopic (exact) mass is 397 g/mol. The molecular weight excluding hydrogens is 378 g/mol. The summed E-state index contributed by atoms with van der Waals surface area (Å²) in [6, 6.07) is 14.3. The van der Waals surface area contributed by atoms with Gasteiger partial charge < -0.3 is 20.1 Å². The fourth-order valence-corrected chi connectivity index (χ4v) is 2.81. The molecule has 0 atom stereocenters. The number of ether oxygens (including phenoxy) is 2. The summed E-state index contributed by atoms with van der Waals surface area (Å²) < 4.78 is 10.5. The Hall–Kier alpha value is -3.25. The molecule has 0 saturated carbocycles. The number of rotatable bonds is 7. The van der Waals surface area contributed by atoms with Crippen molar-refractivity contribution in [2.75, 3.05) is 24.4 Å². The molecule has 2 N–H and O–H groups in total. The third-order valence-electron chi connectivity index (χ3n) is 3.86. The molecule has 6 nitrogen and oxygen atoms in total. The number of nitrogens with one attached hydrogen (secondary N) is 2. The molecule has 2 aromatic carbocycles. The van der Waals surface area contributed by atoms with E-state index in [0.29, 0.717) is 34.3 Å². The number of hydrogen-bond donors (Lipinski definition) is 2.